The average Bonchev–Trinajstić information content (AvgIpc) is 3.28. The third kappa shape index (κ3) is 3.00. The van der Waals surface area contributed by atoms with E-state index in [2.05, 4.69) is 10.9 Å². The lowest BCUT2D eigenvalue weighted by Gasteiger charge is -2.08. The van der Waals surface area contributed by atoms with Crippen LogP contribution < -0.4 is 20.3 Å². The molecule has 128 valence electrons. The third-order valence-electron chi connectivity index (χ3n) is 4.37. The molecule has 2 aromatic rings. The van der Waals surface area contributed by atoms with Crippen LogP contribution in [0.4, 0.5) is 4.39 Å². The molecule has 1 fully saturated rings. The van der Waals surface area contributed by atoms with E-state index in [0.29, 0.717) is 29.0 Å². The number of amides is 2. The van der Waals surface area contributed by atoms with Gasteiger partial charge in [-0.15, -0.1) is 0 Å². The van der Waals surface area contributed by atoms with Gasteiger partial charge in [0.1, 0.15) is 5.82 Å². The van der Waals surface area contributed by atoms with Gasteiger partial charge in [0.15, 0.2) is 11.5 Å². The Morgan fingerprint density at radius 1 is 1.04 bits per heavy atom. The molecule has 7 heteroatoms. The molecule has 2 aromatic carbocycles. The van der Waals surface area contributed by atoms with E-state index >= 15 is 0 Å². The van der Waals surface area contributed by atoms with Gasteiger partial charge in [0.2, 0.25) is 12.7 Å². The van der Waals surface area contributed by atoms with Crippen LogP contribution in [0.25, 0.3) is 0 Å². The van der Waals surface area contributed by atoms with E-state index < -0.39 is 5.91 Å². The number of hydrogen-bond acceptors (Lipinski definition) is 4. The molecule has 1 saturated carbocycles. The van der Waals surface area contributed by atoms with Crippen LogP contribution >= 0.6 is 0 Å². The number of halogens is 1. The number of fused-ring (bicyclic) bond motifs is 1. The maximum Gasteiger partial charge on any atom is 0.269 e. The van der Waals surface area contributed by atoms with Crippen LogP contribution in [0.3, 0.4) is 0 Å². The highest BCUT2D eigenvalue weighted by Crippen LogP contribution is 2.48. The lowest BCUT2D eigenvalue weighted by atomic mass is 10.1. The number of rotatable bonds is 3. The molecule has 2 aliphatic rings. The number of benzene rings is 2. The van der Waals surface area contributed by atoms with E-state index in [9.17, 15) is 14.0 Å². The Morgan fingerprint density at radius 2 is 1.84 bits per heavy atom. The standard InChI is InChI=1S/C18H15FN2O4/c19-14-4-2-1-3-11(14)12-8-13(12)18(23)21-20-17(22)10-5-6-15-16(7-10)25-9-24-15/h1-7,12-13H,8-9H2,(H,20,22)(H,21,23). The van der Waals surface area contributed by atoms with E-state index in [4.69, 9.17) is 9.47 Å². The number of hydrazine groups is 1. The van der Waals surface area contributed by atoms with Gasteiger partial charge in [-0.2, -0.15) is 0 Å². The third-order valence-corrected chi connectivity index (χ3v) is 4.37. The fraction of sp³-hybridized carbons (Fsp3) is 0.222. The van der Waals surface area contributed by atoms with Crippen molar-refractivity contribution in [3.63, 3.8) is 0 Å². The van der Waals surface area contributed by atoms with Crippen LogP contribution in [0.2, 0.25) is 0 Å². The maximum absolute atomic E-state index is 13.7. The first kappa shape index (κ1) is 15.4. The zero-order valence-corrected chi connectivity index (χ0v) is 13.1. The van der Waals surface area contributed by atoms with Gasteiger partial charge in [0.05, 0.1) is 0 Å². The van der Waals surface area contributed by atoms with Gasteiger partial charge >= 0.3 is 0 Å². The molecule has 1 aliphatic carbocycles. The van der Waals surface area contributed by atoms with Crippen LogP contribution in [-0.2, 0) is 4.79 Å². The molecule has 0 saturated heterocycles. The van der Waals surface area contributed by atoms with Crippen LogP contribution in [0.1, 0.15) is 28.3 Å². The minimum atomic E-state index is -0.463. The van der Waals surface area contributed by atoms with Crippen LogP contribution in [-0.4, -0.2) is 18.6 Å². The summed E-state index contributed by atoms with van der Waals surface area (Å²) < 4.78 is 24.1. The molecular weight excluding hydrogens is 327 g/mol. The molecule has 2 unspecified atom stereocenters. The molecule has 0 radical (unpaired) electrons. The van der Waals surface area contributed by atoms with Crippen LogP contribution in [0, 0.1) is 11.7 Å². The first-order valence-electron chi connectivity index (χ1n) is 7.88. The fourth-order valence-electron chi connectivity index (χ4n) is 2.93. The van der Waals surface area contributed by atoms with E-state index in [1.54, 1.807) is 36.4 Å². The first-order valence-corrected chi connectivity index (χ1v) is 7.88. The topological polar surface area (TPSA) is 76.7 Å². The lowest BCUT2D eigenvalue weighted by molar-refractivity contribution is -0.123. The van der Waals surface area contributed by atoms with Crippen molar-refractivity contribution in [3.05, 3.63) is 59.4 Å². The van der Waals surface area contributed by atoms with E-state index in [0.717, 1.165) is 0 Å². The van der Waals surface area contributed by atoms with Gasteiger partial charge in [0.25, 0.3) is 5.91 Å². The van der Waals surface area contributed by atoms with Gasteiger partial charge < -0.3 is 9.47 Å². The lowest BCUT2D eigenvalue weighted by Crippen LogP contribution is -2.42. The molecule has 2 amide bonds. The van der Waals surface area contributed by atoms with E-state index in [1.807, 2.05) is 0 Å². The Morgan fingerprint density at radius 3 is 2.68 bits per heavy atom. The van der Waals surface area contributed by atoms with Crippen molar-refractivity contribution in [1.29, 1.82) is 0 Å². The van der Waals surface area contributed by atoms with Gasteiger partial charge in [-0.05, 0) is 42.2 Å². The second kappa shape index (κ2) is 6.08. The predicted molar refractivity (Wildman–Crippen MR) is 85.4 cm³/mol. The average molecular weight is 342 g/mol. The maximum atomic E-state index is 13.7. The zero-order chi connectivity index (χ0) is 17.4. The molecule has 4 rings (SSSR count). The van der Waals surface area contributed by atoms with Crippen molar-refractivity contribution >= 4 is 11.8 Å². The molecule has 1 aliphatic heterocycles. The van der Waals surface area contributed by atoms with Crippen LogP contribution in [0.5, 0.6) is 11.5 Å². The summed E-state index contributed by atoms with van der Waals surface area (Å²) in [6.07, 6.45) is 0.562. The Balaban J connectivity index is 1.34. The molecule has 1 heterocycles. The number of ether oxygens (including phenoxy) is 2. The monoisotopic (exact) mass is 342 g/mol. The summed E-state index contributed by atoms with van der Waals surface area (Å²) in [5.74, 6) is -0.533. The van der Waals surface area contributed by atoms with Crippen molar-refractivity contribution in [2.24, 2.45) is 5.92 Å². The molecule has 6 nitrogen and oxygen atoms in total. The molecule has 25 heavy (non-hydrogen) atoms. The fourth-order valence-corrected chi connectivity index (χ4v) is 2.93. The van der Waals surface area contributed by atoms with Crippen molar-refractivity contribution in [2.75, 3.05) is 6.79 Å². The molecular formula is C18H15FN2O4. The van der Waals surface area contributed by atoms with Crippen molar-refractivity contribution in [1.82, 2.24) is 10.9 Å². The Kier molecular flexibility index (Phi) is 3.76. The quantitative estimate of drug-likeness (QED) is 0.838. The van der Waals surface area contributed by atoms with E-state index in [-0.39, 0.29) is 30.4 Å². The highest BCUT2D eigenvalue weighted by atomic mass is 19.1. The number of carbonyl (C=O) groups is 2. The summed E-state index contributed by atoms with van der Waals surface area (Å²) in [5.41, 5.74) is 5.64. The van der Waals surface area contributed by atoms with Crippen LogP contribution in [0.15, 0.2) is 42.5 Å². The van der Waals surface area contributed by atoms with Crippen molar-refractivity contribution in [2.45, 2.75) is 12.3 Å². The summed E-state index contributed by atoms with van der Waals surface area (Å²) >= 11 is 0. The van der Waals surface area contributed by atoms with Gasteiger partial charge in [-0.1, -0.05) is 18.2 Å². The zero-order valence-electron chi connectivity index (χ0n) is 13.1. The van der Waals surface area contributed by atoms with Gasteiger partial charge in [-0.25, -0.2) is 4.39 Å². The van der Waals surface area contributed by atoms with E-state index in [1.165, 1.54) is 6.07 Å². The number of nitrogens with one attached hydrogen (secondary N) is 2. The summed E-state index contributed by atoms with van der Waals surface area (Å²) in [7, 11) is 0. The summed E-state index contributed by atoms with van der Waals surface area (Å²) in [5, 5.41) is 0. The second-order valence-corrected chi connectivity index (χ2v) is 5.98. The van der Waals surface area contributed by atoms with Gasteiger partial charge in [-0.3, -0.25) is 20.4 Å². The number of hydrogen-bond donors (Lipinski definition) is 2. The summed E-state index contributed by atoms with van der Waals surface area (Å²) in [6, 6.07) is 11.2. The normalized spacial score (nSPS) is 20.0. The molecule has 2 atom stereocenters. The number of carbonyl (C=O) groups excluding carboxylic acids is 2. The summed E-state index contributed by atoms with van der Waals surface area (Å²) in [4.78, 5) is 24.2. The highest BCUT2D eigenvalue weighted by Gasteiger charge is 2.45. The van der Waals surface area contributed by atoms with Gasteiger partial charge in [0, 0.05) is 11.5 Å². The Hall–Kier alpha value is -3.09. The summed E-state index contributed by atoms with van der Waals surface area (Å²) in [6.45, 7) is 0.121. The first-order chi connectivity index (χ1) is 12.1. The molecule has 2 N–H and O–H groups in total. The van der Waals surface area contributed by atoms with Crippen molar-refractivity contribution < 1.29 is 23.5 Å². The molecule has 0 bridgehead atoms. The Bertz CT molecular complexity index is 855. The molecule has 0 spiro atoms. The SMILES string of the molecule is O=C(NNC(=O)C1CC1c1ccccc1F)c1ccc2c(c1)OCO2. The minimum absolute atomic E-state index is 0.121. The predicted octanol–water partition coefficient (Wildman–Crippen LogP) is 2.12. The molecule has 0 aromatic heterocycles. The van der Waals surface area contributed by atoms with Crippen molar-refractivity contribution in [3.8, 4) is 11.5 Å². The smallest absolute Gasteiger partial charge is 0.269 e. The highest BCUT2D eigenvalue weighted by molar-refractivity contribution is 5.96. The second-order valence-electron chi connectivity index (χ2n) is 5.98. The largest absolute Gasteiger partial charge is 0.454 e. The Labute approximate surface area is 142 Å². The minimum Gasteiger partial charge on any atom is -0.454 e.